The number of anilines is 4. The van der Waals surface area contributed by atoms with Crippen molar-refractivity contribution < 1.29 is 14.3 Å². The number of aryl methyl sites for hydroxylation is 2. The van der Waals surface area contributed by atoms with Crippen molar-refractivity contribution in [3.8, 4) is 28.5 Å². The second kappa shape index (κ2) is 13.6. The zero-order valence-corrected chi connectivity index (χ0v) is 25.1. The molecule has 0 radical (unpaired) electrons. The number of rotatable bonds is 12. The number of amides is 1. The second-order valence-corrected chi connectivity index (χ2v) is 10.3. The molecule has 0 aliphatic carbocycles. The average Bonchev–Trinajstić information content (AvgIpc) is 2.96. The molecule has 42 heavy (non-hydrogen) atoms. The van der Waals surface area contributed by atoms with E-state index in [0.29, 0.717) is 34.5 Å². The van der Waals surface area contributed by atoms with Gasteiger partial charge in [-0.15, -0.1) is 0 Å². The summed E-state index contributed by atoms with van der Waals surface area (Å²) in [5.41, 5.74) is 5.78. The van der Waals surface area contributed by atoms with E-state index in [2.05, 4.69) is 38.1 Å². The molecule has 0 unspecified atom stereocenters. The van der Waals surface area contributed by atoms with Gasteiger partial charge in [-0.2, -0.15) is 0 Å². The molecule has 0 aliphatic rings. The maximum atomic E-state index is 12.3. The fourth-order valence-corrected chi connectivity index (χ4v) is 4.48. The molecule has 0 saturated heterocycles. The van der Waals surface area contributed by atoms with Crippen LogP contribution < -0.4 is 25.0 Å². The van der Waals surface area contributed by atoms with Gasteiger partial charge in [0.05, 0.1) is 29.9 Å². The number of nitrogens with zero attached hydrogens (tertiary/aromatic N) is 4. The van der Waals surface area contributed by atoms with Crippen molar-refractivity contribution in [2.24, 2.45) is 0 Å². The zero-order valence-electron chi connectivity index (χ0n) is 25.1. The van der Waals surface area contributed by atoms with Crippen LogP contribution in [0, 0.1) is 13.8 Å². The average molecular weight is 567 g/mol. The van der Waals surface area contributed by atoms with Crippen molar-refractivity contribution in [1.82, 2.24) is 14.9 Å². The molecule has 4 rings (SSSR count). The van der Waals surface area contributed by atoms with E-state index in [1.165, 1.54) is 6.08 Å². The summed E-state index contributed by atoms with van der Waals surface area (Å²) in [6.45, 7) is 9.27. The Hall–Kier alpha value is -4.89. The van der Waals surface area contributed by atoms with E-state index in [-0.39, 0.29) is 5.91 Å². The molecule has 3 aromatic carbocycles. The number of carbonyl (C=O) groups is 1. The first-order valence-corrected chi connectivity index (χ1v) is 13.6. The van der Waals surface area contributed by atoms with Gasteiger partial charge in [0.1, 0.15) is 17.2 Å². The van der Waals surface area contributed by atoms with E-state index in [4.69, 9.17) is 14.5 Å². The van der Waals surface area contributed by atoms with E-state index in [9.17, 15) is 4.79 Å². The summed E-state index contributed by atoms with van der Waals surface area (Å²) in [4.78, 5) is 25.7. The number of hydrogen-bond acceptors (Lipinski definition) is 8. The van der Waals surface area contributed by atoms with Gasteiger partial charge in [-0.3, -0.25) is 4.79 Å². The highest BCUT2D eigenvalue weighted by molar-refractivity contribution is 6.02. The number of benzene rings is 3. The van der Waals surface area contributed by atoms with Crippen LogP contribution in [0.1, 0.15) is 11.1 Å². The largest absolute Gasteiger partial charge is 0.494 e. The Balaban J connectivity index is 1.67. The molecule has 1 aromatic heterocycles. The van der Waals surface area contributed by atoms with Crippen molar-refractivity contribution in [2.75, 3.05) is 56.9 Å². The summed E-state index contributed by atoms with van der Waals surface area (Å²) in [7, 11) is 7.61. The number of methoxy groups -OCH3 is 1. The predicted octanol–water partition coefficient (Wildman–Crippen LogP) is 6.43. The van der Waals surface area contributed by atoms with Gasteiger partial charge in [-0.25, -0.2) is 9.97 Å². The Morgan fingerprint density at radius 2 is 1.69 bits per heavy atom. The number of para-hydroxylation sites is 1. The van der Waals surface area contributed by atoms with E-state index in [1.54, 1.807) is 13.3 Å². The summed E-state index contributed by atoms with van der Waals surface area (Å²) in [6, 6.07) is 19.4. The SMILES string of the molecule is C=CC(=O)Nc1cc(Nc2nccc(-c3ccccc3Oc3cc(C)cc(C)c3)n2)c(OC)cc1N(C)CCN(C)C. The summed E-state index contributed by atoms with van der Waals surface area (Å²) in [6.07, 6.45) is 2.93. The predicted molar refractivity (Wildman–Crippen MR) is 170 cm³/mol. The van der Waals surface area contributed by atoms with E-state index in [0.717, 1.165) is 41.2 Å². The highest BCUT2D eigenvalue weighted by Gasteiger charge is 2.17. The van der Waals surface area contributed by atoms with Gasteiger partial charge in [0, 0.05) is 38.0 Å². The van der Waals surface area contributed by atoms with E-state index in [1.807, 2.05) is 89.6 Å². The molecule has 1 amide bonds. The third-order valence-corrected chi connectivity index (χ3v) is 6.54. The van der Waals surface area contributed by atoms with E-state index >= 15 is 0 Å². The molecule has 9 heteroatoms. The Morgan fingerprint density at radius 3 is 2.38 bits per heavy atom. The maximum Gasteiger partial charge on any atom is 0.247 e. The lowest BCUT2D eigenvalue weighted by Crippen LogP contribution is -2.29. The zero-order chi connectivity index (χ0) is 30.2. The monoisotopic (exact) mass is 566 g/mol. The number of carbonyl (C=O) groups excluding carboxylic acids is 1. The molecule has 2 N–H and O–H groups in total. The number of likely N-dealkylation sites (N-methyl/N-ethyl adjacent to an activating group) is 2. The van der Waals surface area contributed by atoms with Gasteiger partial charge in [-0.1, -0.05) is 24.8 Å². The standard InChI is InChI=1S/C33H38N6O3/c1-8-32(40)35-27-20-28(31(41-7)21-29(27)39(6)16-15-38(4)5)37-33-34-14-13-26(36-33)25-11-9-10-12-30(25)42-24-18-22(2)17-23(3)19-24/h8-14,17-21H,1,15-16H2,2-7H3,(H,35,40)(H,34,36,37). The Morgan fingerprint density at radius 1 is 0.952 bits per heavy atom. The molecule has 218 valence electrons. The van der Waals surface area contributed by atoms with Crippen LogP contribution in [0.25, 0.3) is 11.3 Å². The van der Waals surface area contributed by atoms with Gasteiger partial charge in [-0.05, 0) is 81.5 Å². The van der Waals surface area contributed by atoms with Gasteiger partial charge in [0.2, 0.25) is 11.9 Å². The van der Waals surface area contributed by atoms with Crippen LogP contribution in [-0.4, -0.2) is 62.1 Å². The number of hydrogen-bond donors (Lipinski definition) is 2. The van der Waals surface area contributed by atoms with Crippen molar-refractivity contribution in [3.05, 3.63) is 90.6 Å². The molecule has 0 spiro atoms. The van der Waals surface area contributed by atoms with Crippen molar-refractivity contribution in [3.63, 3.8) is 0 Å². The van der Waals surface area contributed by atoms with Crippen LogP contribution in [-0.2, 0) is 4.79 Å². The smallest absolute Gasteiger partial charge is 0.247 e. The van der Waals surface area contributed by atoms with Crippen LogP contribution in [0.5, 0.6) is 17.2 Å². The van der Waals surface area contributed by atoms with Crippen molar-refractivity contribution >= 4 is 28.9 Å². The Kier molecular flexibility index (Phi) is 9.77. The van der Waals surface area contributed by atoms with Gasteiger partial charge in [0.25, 0.3) is 0 Å². The Bertz CT molecular complexity index is 1550. The summed E-state index contributed by atoms with van der Waals surface area (Å²) < 4.78 is 12.0. The number of ether oxygens (including phenoxy) is 2. The third-order valence-electron chi connectivity index (χ3n) is 6.54. The quantitative estimate of drug-likeness (QED) is 0.190. The first-order chi connectivity index (χ1) is 20.2. The maximum absolute atomic E-state index is 12.3. The molecule has 0 aliphatic heterocycles. The molecule has 0 atom stereocenters. The minimum Gasteiger partial charge on any atom is -0.494 e. The van der Waals surface area contributed by atoms with E-state index < -0.39 is 0 Å². The van der Waals surface area contributed by atoms with Crippen molar-refractivity contribution in [1.29, 1.82) is 0 Å². The lowest BCUT2D eigenvalue weighted by atomic mass is 10.1. The molecule has 0 saturated carbocycles. The highest BCUT2D eigenvalue weighted by atomic mass is 16.5. The van der Waals surface area contributed by atoms with Crippen LogP contribution in [0.15, 0.2) is 79.5 Å². The lowest BCUT2D eigenvalue weighted by Gasteiger charge is -2.26. The molecule has 9 nitrogen and oxygen atoms in total. The molecule has 0 fully saturated rings. The summed E-state index contributed by atoms with van der Waals surface area (Å²) in [5, 5.41) is 6.19. The van der Waals surface area contributed by atoms with Crippen LogP contribution in [0.4, 0.5) is 23.0 Å². The minimum absolute atomic E-state index is 0.313. The fraction of sp³-hybridized carbons (Fsp3) is 0.242. The fourth-order valence-electron chi connectivity index (χ4n) is 4.48. The van der Waals surface area contributed by atoms with Crippen molar-refractivity contribution in [2.45, 2.75) is 13.8 Å². The highest BCUT2D eigenvalue weighted by Crippen LogP contribution is 2.38. The minimum atomic E-state index is -0.313. The first-order valence-electron chi connectivity index (χ1n) is 13.6. The molecule has 4 aromatic rings. The normalized spacial score (nSPS) is 10.7. The first kappa shape index (κ1) is 30.1. The lowest BCUT2D eigenvalue weighted by molar-refractivity contribution is -0.111. The van der Waals surface area contributed by atoms with Crippen LogP contribution in [0.2, 0.25) is 0 Å². The summed E-state index contributed by atoms with van der Waals surface area (Å²) in [5.74, 6) is 2.07. The molecular formula is C33H38N6O3. The van der Waals surface area contributed by atoms with Gasteiger partial charge >= 0.3 is 0 Å². The van der Waals surface area contributed by atoms with Gasteiger partial charge < -0.3 is 29.9 Å². The van der Waals surface area contributed by atoms with Crippen LogP contribution in [0.3, 0.4) is 0 Å². The molecular weight excluding hydrogens is 528 g/mol. The topological polar surface area (TPSA) is 91.8 Å². The second-order valence-electron chi connectivity index (χ2n) is 10.3. The van der Waals surface area contributed by atoms with Crippen LogP contribution >= 0.6 is 0 Å². The van der Waals surface area contributed by atoms with Gasteiger partial charge in [0.15, 0.2) is 0 Å². The third kappa shape index (κ3) is 7.64. The number of aromatic nitrogens is 2. The molecule has 0 bridgehead atoms. The number of nitrogens with one attached hydrogen (secondary N) is 2. The molecule has 1 heterocycles. The summed E-state index contributed by atoms with van der Waals surface area (Å²) >= 11 is 0. The Labute approximate surface area is 247 Å².